The summed E-state index contributed by atoms with van der Waals surface area (Å²) in [6, 6.07) is 2.34. The summed E-state index contributed by atoms with van der Waals surface area (Å²) in [7, 11) is -8.69. The maximum absolute atomic E-state index is 6.61. The molecule has 0 N–H and O–H groups in total. The normalized spacial score (nSPS) is 14.9. The molecule has 0 aliphatic carbocycles. The van der Waals surface area contributed by atoms with Crippen LogP contribution in [0.3, 0.4) is 0 Å². The topological polar surface area (TPSA) is 27.7 Å². The second-order valence-electron chi connectivity index (χ2n) is 9.65. The third kappa shape index (κ3) is 11.8. The lowest BCUT2D eigenvalue weighted by Crippen LogP contribution is -2.52. The zero-order valence-electron chi connectivity index (χ0n) is 17.4. The van der Waals surface area contributed by atoms with Gasteiger partial charge in [0.25, 0.3) is 0 Å². The first kappa shape index (κ1) is 23.7. The van der Waals surface area contributed by atoms with Crippen molar-refractivity contribution in [1.82, 2.24) is 0 Å². The average Bonchev–Trinajstić information content (AvgIpc) is 2.20. The summed E-state index contributed by atoms with van der Waals surface area (Å²) in [5, 5.41) is 0. The lowest BCUT2D eigenvalue weighted by molar-refractivity contribution is 0.394. The van der Waals surface area contributed by atoms with E-state index in [1.807, 2.05) is 5.70 Å². The standard InChI is InChI=1S/C15H40O3Si5/c1-13-20(5,6)17-23(11,12)18-22(9,10)15-14-21(7,8)16-19(2,3)4/h13H,1,14-15H2,2-12H3. The second kappa shape index (κ2) is 7.94. The van der Waals surface area contributed by atoms with Crippen molar-refractivity contribution in [3.05, 3.63) is 12.3 Å². The van der Waals surface area contributed by atoms with E-state index in [4.69, 9.17) is 12.3 Å². The molecule has 0 bridgehead atoms. The fourth-order valence-corrected chi connectivity index (χ4v) is 26.4. The van der Waals surface area contributed by atoms with E-state index in [0.29, 0.717) is 0 Å². The van der Waals surface area contributed by atoms with Crippen LogP contribution in [-0.2, 0) is 12.3 Å². The van der Waals surface area contributed by atoms with Crippen LogP contribution in [0.1, 0.15) is 0 Å². The van der Waals surface area contributed by atoms with Crippen LogP contribution in [0.25, 0.3) is 0 Å². The van der Waals surface area contributed by atoms with E-state index in [1.54, 1.807) is 0 Å². The molecular formula is C15H40O3Si5. The average molecular weight is 409 g/mol. The molecule has 3 nitrogen and oxygen atoms in total. The molecule has 0 heterocycles. The molecule has 0 radical (unpaired) electrons. The summed E-state index contributed by atoms with van der Waals surface area (Å²) < 4.78 is 19.5. The van der Waals surface area contributed by atoms with Crippen LogP contribution in [-0.4, -0.2) is 41.8 Å². The number of hydrogen-bond acceptors (Lipinski definition) is 3. The molecule has 0 aliphatic rings. The monoisotopic (exact) mass is 408 g/mol. The minimum absolute atomic E-state index is 1.16. The predicted octanol–water partition coefficient (Wildman–Crippen LogP) is 5.91. The van der Waals surface area contributed by atoms with Gasteiger partial charge >= 0.3 is 8.56 Å². The summed E-state index contributed by atoms with van der Waals surface area (Å²) in [4.78, 5) is 0. The van der Waals surface area contributed by atoms with E-state index in [0.717, 1.165) is 6.04 Å². The summed E-state index contributed by atoms with van der Waals surface area (Å²) in [5.41, 5.74) is 2.00. The van der Waals surface area contributed by atoms with Crippen molar-refractivity contribution < 1.29 is 12.3 Å². The van der Waals surface area contributed by atoms with Crippen molar-refractivity contribution in [2.24, 2.45) is 0 Å². The molecule has 0 rings (SSSR count). The highest BCUT2D eigenvalue weighted by Gasteiger charge is 2.40. The van der Waals surface area contributed by atoms with Crippen LogP contribution in [0, 0.1) is 0 Å². The molecule has 23 heavy (non-hydrogen) atoms. The molecule has 0 fully saturated rings. The van der Waals surface area contributed by atoms with Crippen LogP contribution < -0.4 is 0 Å². The van der Waals surface area contributed by atoms with Crippen LogP contribution in [0.5, 0.6) is 0 Å². The van der Waals surface area contributed by atoms with Gasteiger partial charge in [-0.25, -0.2) is 0 Å². The highest BCUT2D eigenvalue weighted by atomic mass is 28.5. The summed E-state index contributed by atoms with van der Waals surface area (Å²) >= 11 is 0. The zero-order valence-corrected chi connectivity index (χ0v) is 22.4. The first-order chi connectivity index (χ1) is 9.89. The van der Waals surface area contributed by atoms with Crippen molar-refractivity contribution >= 4 is 41.8 Å². The highest BCUT2D eigenvalue weighted by molar-refractivity contribution is 6.90. The van der Waals surface area contributed by atoms with Gasteiger partial charge in [0, 0.05) is 0 Å². The molecule has 138 valence electrons. The maximum Gasteiger partial charge on any atom is 0.311 e. The van der Waals surface area contributed by atoms with E-state index in [9.17, 15) is 0 Å². The fraction of sp³-hybridized carbons (Fsp3) is 0.867. The van der Waals surface area contributed by atoms with E-state index >= 15 is 0 Å². The molecule has 0 aliphatic heterocycles. The van der Waals surface area contributed by atoms with Crippen molar-refractivity contribution in [2.45, 2.75) is 84.1 Å². The molecule has 0 aromatic carbocycles. The van der Waals surface area contributed by atoms with E-state index < -0.39 is 41.8 Å². The summed E-state index contributed by atoms with van der Waals surface area (Å²) in [6.45, 7) is 28.9. The summed E-state index contributed by atoms with van der Waals surface area (Å²) in [6.07, 6.45) is 0. The molecule has 0 saturated carbocycles. The molecular weight excluding hydrogens is 369 g/mol. The van der Waals surface area contributed by atoms with Gasteiger partial charge in [-0.1, -0.05) is 5.70 Å². The Morgan fingerprint density at radius 1 is 0.652 bits per heavy atom. The lowest BCUT2D eigenvalue weighted by atomic mass is 10.9. The van der Waals surface area contributed by atoms with Crippen molar-refractivity contribution in [3.63, 3.8) is 0 Å². The molecule has 0 aromatic heterocycles. The smallest absolute Gasteiger partial charge is 0.311 e. The molecule has 0 atom stereocenters. The van der Waals surface area contributed by atoms with Crippen LogP contribution in [0.2, 0.25) is 84.1 Å². The van der Waals surface area contributed by atoms with Gasteiger partial charge in [0.2, 0.25) is 0 Å². The summed E-state index contributed by atoms with van der Waals surface area (Å²) in [5.74, 6) is 0. The Bertz CT molecular complexity index is 400. The Morgan fingerprint density at radius 3 is 1.39 bits per heavy atom. The van der Waals surface area contributed by atoms with Gasteiger partial charge in [0.1, 0.15) is 0 Å². The lowest BCUT2D eigenvalue weighted by Gasteiger charge is -2.39. The number of hydrogen-bond donors (Lipinski definition) is 0. The van der Waals surface area contributed by atoms with Gasteiger partial charge in [-0.2, -0.15) is 0 Å². The van der Waals surface area contributed by atoms with Crippen molar-refractivity contribution in [2.75, 3.05) is 0 Å². The quantitative estimate of drug-likeness (QED) is 0.420. The predicted molar refractivity (Wildman–Crippen MR) is 116 cm³/mol. The highest BCUT2D eigenvalue weighted by Crippen LogP contribution is 2.28. The molecule has 0 aromatic rings. The van der Waals surface area contributed by atoms with Gasteiger partial charge in [-0.05, 0) is 84.1 Å². The van der Waals surface area contributed by atoms with Crippen molar-refractivity contribution in [3.8, 4) is 0 Å². The maximum atomic E-state index is 6.61. The first-order valence-electron chi connectivity index (χ1n) is 8.63. The van der Waals surface area contributed by atoms with Gasteiger partial charge in [0.05, 0.1) is 0 Å². The SMILES string of the molecule is C=C[Si](C)(C)O[Si](C)(C)O[Si](C)(C)CC[Si](C)(C)O[Si](C)(C)C. The Kier molecular flexibility index (Phi) is 8.18. The molecule has 8 heteroatoms. The number of rotatable bonds is 10. The Morgan fingerprint density at radius 2 is 1.04 bits per heavy atom. The van der Waals surface area contributed by atoms with Crippen molar-refractivity contribution in [1.29, 1.82) is 0 Å². The van der Waals surface area contributed by atoms with Crippen LogP contribution in [0.15, 0.2) is 12.3 Å². The first-order valence-corrected chi connectivity index (χ1v) is 24.1. The Hall–Kier alpha value is 0.704. The molecule has 0 spiro atoms. The molecule has 0 amide bonds. The Labute approximate surface area is 150 Å². The molecule has 0 unspecified atom stereocenters. The third-order valence-corrected chi connectivity index (χ3v) is 20.7. The largest absolute Gasteiger partial charge is 0.456 e. The second-order valence-corrected chi connectivity index (χ2v) is 30.8. The minimum Gasteiger partial charge on any atom is -0.456 e. The van der Waals surface area contributed by atoms with Gasteiger partial charge in [0.15, 0.2) is 33.3 Å². The van der Waals surface area contributed by atoms with Crippen LogP contribution >= 0.6 is 0 Å². The van der Waals surface area contributed by atoms with Crippen LogP contribution in [0.4, 0.5) is 0 Å². The van der Waals surface area contributed by atoms with Gasteiger partial charge < -0.3 is 12.3 Å². The minimum atomic E-state index is -2.10. The van der Waals surface area contributed by atoms with E-state index in [1.165, 1.54) is 6.04 Å². The van der Waals surface area contributed by atoms with Gasteiger partial charge in [-0.15, -0.1) is 6.58 Å². The molecule has 0 saturated heterocycles. The Balaban J connectivity index is 4.73. The van der Waals surface area contributed by atoms with E-state index in [-0.39, 0.29) is 0 Å². The van der Waals surface area contributed by atoms with E-state index in [2.05, 4.69) is 78.6 Å². The zero-order chi connectivity index (χ0) is 18.7. The van der Waals surface area contributed by atoms with Gasteiger partial charge in [-0.3, -0.25) is 0 Å². The third-order valence-electron chi connectivity index (χ3n) is 3.43. The fourth-order valence-electron chi connectivity index (χ4n) is 2.89.